The summed E-state index contributed by atoms with van der Waals surface area (Å²) in [7, 11) is -4.00. The van der Waals surface area contributed by atoms with Crippen LogP contribution in [0.1, 0.15) is 11.1 Å². The average molecular weight is 432 g/mol. The molecule has 1 aliphatic heterocycles. The molecule has 3 rings (SSSR count). The molecule has 0 aliphatic carbocycles. The van der Waals surface area contributed by atoms with E-state index in [-0.39, 0.29) is 16.6 Å². The van der Waals surface area contributed by atoms with Crippen molar-refractivity contribution in [1.82, 2.24) is 4.90 Å². The number of amides is 1. The molecule has 0 atom stereocenters. The molecule has 0 radical (unpaired) electrons. The molecule has 1 amide bonds. The first-order valence-corrected chi connectivity index (χ1v) is 10.9. The van der Waals surface area contributed by atoms with E-state index in [1.807, 2.05) is 6.92 Å². The molecular weight excluding hydrogens is 414 g/mol. The Labute approximate surface area is 173 Å². The zero-order valence-corrected chi connectivity index (χ0v) is 17.4. The van der Waals surface area contributed by atoms with E-state index >= 15 is 0 Å². The van der Waals surface area contributed by atoms with Gasteiger partial charge < -0.3 is 4.18 Å². The molecule has 1 heterocycles. The maximum atomic E-state index is 12.6. The lowest BCUT2D eigenvalue weighted by molar-refractivity contribution is -0.121. The number of thiocarbonyl (C=S) groups is 1. The minimum absolute atomic E-state index is 0.0604. The summed E-state index contributed by atoms with van der Waals surface area (Å²) in [4.78, 5) is 14.4. The highest BCUT2D eigenvalue weighted by Gasteiger charge is 2.31. The lowest BCUT2D eigenvalue weighted by Gasteiger charge is -2.11. The van der Waals surface area contributed by atoms with Gasteiger partial charge in [0.25, 0.3) is 5.91 Å². The summed E-state index contributed by atoms with van der Waals surface area (Å²) in [6, 6.07) is 13.0. The van der Waals surface area contributed by atoms with Gasteiger partial charge in [-0.3, -0.25) is 9.69 Å². The minimum Gasteiger partial charge on any atom is -0.378 e. The summed E-state index contributed by atoms with van der Waals surface area (Å²) in [5, 5.41) is 0. The molecule has 0 spiro atoms. The highest BCUT2D eigenvalue weighted by molar-refractivity contribution is 8.26. The van der Waals surface area contributed by atoms with Crippen molar-refractivity contribution in [3.8, 4) is 5.75 Å². The van der Waals surface area contributed by atoms with Gasteiger partial charge in [-0.05, 0) is 31.2 Å². The summed E-state index contributed by atoms with van der Waals surface area (Å²) in [6.07, 6.45) is 3.18. The third-order valence-electron chi connectivity index (χ3n) is 3.90. The first kappa shape index (κ1) is 20.3. The Hall–Kier alpha value is -2.42. The van der Waals surface area contributed by atoms with E-state index in [2.05, 4.69) is 6.58 Å². The molecule has 144 valence electrons. The smallest absolute Gasteiger partial charge is 0.339 e. The van der Waals surface area contributed by atoms with Gasteiger partial charge in [0.05, 0.1) is 4.91 Å². The number of para-hydroxylation sites is 1. The van der Waals surface area contributed by atoms with Crippen molar-refractivity contribution in [3.63, 3.8) is 0 Å². The quantitative estimate of drug-likeness (QED) is 0.296. The molecule has 8 heteroatoms. The van der Waals surface area contributed by atoms with Crippen molar-refractivity contribution in [1.29, 1.82) is 0 Å². The predicted octanol–water partition coefficient (Wildman–Crippen LogP) is 4.15. The summed E-state index contributed by atoms with van der Waals surface area (Å²) in [5.41, 5.74) is 1.41. The Morgan fingerprint density at radius 2 is 1.86 bits per heavy atom. The number of thioether (sulfide) groups is 1. The number of benzene rings is 2. The molecule has 0 aromatic heterocycles. The topological polar surface area (TPSA) is 63.7 Å². The predicted molar refractivity (Wildman–Crippen MR) is 116 cm³/mol. The maximum Gasteiger partial charge on any atom is 0.339 e. The number of carbonyl (C=O) groups is 1. The van der Waals surface area contributed by atoms with Crippen LogP contribution in [0.2, 0.25) is 0 Å². The van der Waals surface area contributed by atoms with Crippen molar-refractivity contribution in [2.75, 3.05) is 6.54 Å². The second-order valence-corrected chi connectivity index (χ2v) is 9.19. The Kier molecular flexibility index (Phi) is 6.02. The first-order chi connectivity index (χ1) is 13.3. The van der Waals surface area contributed by atoms with Crippen LogP contribution < -0.4 is 4.18 Å². The van der Waals surface area contributed by atoms with E-state index in [4.69, 9.17) is 16.4 Å². The van der Waals surface area contributed by atoms with Gasteiger partial charge in [-0.15, -0.1) is 6.58 Å². The van der Waals surface area contributed by atoms with Crippen LogP contribution in [-0.2, 0) is 14.9 Å². The van der Waals surface area contributed by atoms with Gasteiger partial charge in [0.2, 0.25) is 0 Å². The van der Waals surface area contributed by atoms with Crippen LogP contribution in [0.5, 0.6) is 5.75 Å². The van der Waals surface area contributed by atoms with Crippen LogP contribution in [0.15, 0.2) is 71.0 Å². The Bertz CT molecular complexity index is 1070. The SMILES string of the molecule is C=CCN1C(=O)C(=Cc2ccccc2OS(=O)(=O)c2ccc(C)cc2)SC1=S. The molecule has 5 nitrogen and oxygen atoms in total. The number of aryl methyl sites for hydroxylation is 1. The monoisotopic (exact) mass is 431 g/mol. The number of nitrogens with zero attached hydrogens (tertiary/aromatic N) is 1. The second-order valence-electron chi connectivity index (χ2n) is 5.97. The van der Waals surface area contributed by atoms with Gasteiger partial charge in [-0.1, -0.05) is 66.0 Å². The fourth-order valence-electron chi connectivity index (χ4n) is 2.47. The van der Waals surface area contributed by atoms with E-state index in [9.17, 15) is 13.2 Å². The van der Waals surface area contributed by atoms with Gasteiger partial charge in [0, 0.05) is 12.1 Å². The molecule has 0 bridgehead atoms. The van der Waals surface area contributed by atoms with Gasteiger partial charge in [-0.2, -0.15) is 8.42 Å². The highest BCUT2D eigenvalue weighted by Crippen LogP contribution is 2.34. The molecule has 2 aromatic carbocycles. The van der Waals surface area contributed by atoms with Crippen LogP contribution >= 0.6 is 24.0 Å². The molecular formula is C20H17NO4S3. The van der Waals surface area contributed by atoms with Crippen LogP contribution in [0.4, 0.5) is 0 Å². The van der Waals surface area contributed by atoms with Crippen molar-refractivity contribution in [2.24, 2.45) is 0 Å². The largest absolute Gasteiger partial charge is 0.378 e. The molecule has 1 fully saturated rings. The number of hydrogen-bond acceptors (Lipinski definition) is 6. The lowest BCUT2D eigenvalue weighted by atomic mass is 10.2. The van der Waals surface area contributed by atoms with Crippen molar-refractivity contribution in [2.45, 2.75) is 11.8 Å². The zero-order valence-electron chi connectivity index (χ0n) is 15.0. The molecule has 0 N–H and O–H groups in total. The third kappa shape index (κ3) is 4.35. The highest BCUT2D eigenvalue weighted by atomic mass is 32.2. The summed E-state index contributed by atoms with van der Waals surface area (Å²) >= 11 is 6.38. The van der Waals surface area contributed by atoms with Gasteiger partial charge in [0.15, 0.2) is 0 Å². The van der Waals surface area contributed by atoms with Crippen molar-refractivity contribution in [3.05, 3.63) is 77.2 Å². The number of carbonyl (C=O) groups excluding carboxylic acids is 1. The summed E-state index contributed by atoms with van der Waals surface area (Å²) in [5.74, 6) is -0.108. The number of rotatable bonds is 6. The normalized spacial score (nSPS) is 15.9. The Morgan fingerprint density at radius 1 is 1.18 bits per heavy atom. The van der Waals surface area contributed by atoms with Crippen molar-refractivity contribution < 1.29 is 17.4 Å². The van der Waals surface area contributed by atoms with Crippen LogP contribution in [-0.4, -0.2) is 30.1 Å². The molecule has 0 saturated carbocycles. The van der Waals surface area contributed by atoms with E-state index in [0.717, 1.165) is 17.3 Å². The molecule has 2 aromatic rings. The van der Waals surface area contributed by atoms with E-state index in [1.54, 1.807) is 48.6 Å². The van der Waals surface area contributed by atoms with E-state index in [0.29, 0.717) is 21.3 Å². The second kappa shape index (κ2) is 8.30. The summed E-state index contributed by atoms with van der Waals surface area (Å²) in [6.45, 7) is 5.81. The zero-order chi connectivity index (χ0) is 20.3. The Balaban J connectivity index is 1.92. The third-order valence-corrected chi connectivity index (χ3v) is 6.53. The van der Waals surface area contributed by atoms with Gasteiger partial charge >= 0.3 is 10.1 Å². The summed E-state index contributed by atoms with van der Waals surface area (Å²) < 4.78 is 31.0. The van der Waals surface area contributed by atoms with E-state index < -0.39 is 10.1 Å². The molecule has 28 heavy (non-hydrogen) atoms. The van der Waals surface area contributed by atoms with Crippen LogP contribution in [0.25, 0.3) is 6.08 Å². The maximum absolute atomic E-state index is 12.6. The fourth-order valence-corrected chi connectivity index (χ4v) is 4.69. The standard InChI is InChI=1S/C20H17NO4S3/c1-3-12-21-19(22)18(27-20(21)26)13-15-6-4-5-7-17(15)25-28(23,24)16-10-8-14(2)9-11-16/h3-11,13H,1,12H2,2H3. The first-order valence-electron chi connectivity index (χ1n) is 8.28. The van der Waals surface area contributed by atoms with E-state index in [1.165, 1.54) is 17.0 Å². The molecule has 1 saturated heterocycles. The van der Waals surface area contributed by atoms with Gasteiger partial charge in [-0.25, -0.2) is 0 Å². The fraction of sp³-hybridized carbons (Fsp3) is 0.100. The van der Waals surface area contributed by atoms with Gasteiger partial charge in [0.1, 0.15) is 15.0 Å². The van der Waals surface area contributed by atoms with Crippen molar-refractivity contribution >= 4 is 50.4 Å². The Morgan fingerprint density at radius 3 is 2.54 bits per heavy atom. The molecule has 1 aliphatic rings. The molecule has 0 unspecified atom stereocenters. The lowest BCUT2D eigenvalue weighted by Crippen LogP contribution is -2.27. The van der Waals surface area contributed by atoms with Crippen LogP contribution in [0.3, 0.4) is 0 Å². The minimum atomic E-state index is -4.00. The van der Waals surface area contributed by atoms with Crippen LogP contribution in [0, 0.1) is 6.92 Å². The number of hydrogen-bond donors (Lipinski definition) is 0. The average Bonchev–Trinajstić information content (AvgIpc) is 2.91.